The molecule has 0 fully saturated rings. The fourth-order valence-corrected chi connectivity index (χ4v) is 3.33. The Morgan fingerprint density at radius 1 is 1.20 bits per heavy atom. The standard InChI is InChI=1S/C23H22F2N6O4/c1-13-4-5-14(10-17(13)24)28-20(16-11-15(34-2)12-18(19(16)25)35-9-8-32)21-29-23(33)31(30-21)22-26-6-3-7-27-22/h3-7,10-12,20,28,32H,8-9H2,1-2H3,(H,29,30,33). The molecule has 4 aromatic rings. The van der Waals surface area contributed by atoms with Gasteiger partial charge in [0.25, 0.3) is 5.95 Å². The number of nitrogens with one attached hydrogen (secondary N) is 2. The summed E-state index contributed by atoms with van der Waals surface area (Å²) in [6, 6.07) is 7.63. The van der Waals surface area contributed by atoms with E-state index in [1.807, 2.05) is 0 Å². The van der Waals surface area contributed by atoms with Crippen molar-refractivity contribution >= 4 is 5.69 Å². The molecule has 1 unspecified atom stereocenters. The first-order chi connectivity index (χ1) is 16.9. The second-order valence-corrected chi connectivity index (χ2v) is 7.42. The van der Waals surface area contributed by atoms with Gasteiger partial charge in [-0.05, 0) is 36.8 Å². The number of aliphatic hydroxyl groups is 1. The molecule has 2 heterocycles. The highest BCUT2D eigenvalue weighted by atomic mass is 19.1. The van der Waals surface area contributed by atoms with Crippen LogP contribution in [0, 0.1) is 18.6 Å². The van der Waals surface area contributed by atoms with E-state index in [2.05, 4.69) is 25.4 Å². The normalized spacial score (nSPS) is 11.8. The van der Waals surface area contributed by atoms with Crippen LogP contribution in [0.25, 0.3) is 5.95 Å². The molecule has 0 spiro atoms. The summed E-state index contributed by atoms with van der Waals surface area (Å²) in [6.07, 6.45) is 2.89. The SMILES string of the molecule is COc1cc(OCCO)c(F)c(C(Nc2ccc(C)c(F)c2)c2nn(-c3ncccn3)c(=O)[nH]2)c1. The molecule has 182 valence electrons. The lowest BCUT2D eigenvalue weighted by Gasteiger charge is -2.21. The Bertz CT molecular complexity index is 1380. The van der Waals surface area contributed by atoms with E-state index in [1.54, 1.807) is 25.1 Å². The third-order valence-corrected chi connectivity index (χ3v) is 5.07. The average molecular weight is 484 g/mol. The molecule has 10 nitrogen and oxygen atoms in total. The lowest BCUT2D eigenvalue weighted by molar-refractivity contribution is 0.195. The summed E-state index contributed by atoms with van der Waals surface area (Å²) in [4.78, 5) is 23.3. The van der Waals surface area contributed by atoms with Crippen LogP contribution in [0.15, 0.2) is 53.6 Å². The van der Waals surface area contributed by atoms with Crippen molar-refractivity contribution in [1.82, 2.24) is 24.7 Å². The zero-order valence-electron chi connectivity index (χ0n) is 18.8. The third kappa shape index (κ3) is 5.11. The number of hydrogen-bond acceptors (Lipinski definition) is 8. The van der Waals surface area contributed by atoms with Gasteiger partial charge in [0.1, 0.15) is 24.2 Å². The second-order valence-electron chi connectivity index (χ2n) is 7.42. The molecule has 1 atom stereocenters. The number of ether oxygens (including phenoxy) is 2. The number of methoxy groups -OCH3 is 1. The Balaban J connectivity index is 1.86. The quantitative estimate of drug-likeness (QED) is 0.331. The van der Waals surface area contributed by atoms with Crippen LogP contribution in [0.2, 0.25) is 0 Å². The van der Waals surface area contributed by atoms with Crippen molar-refractivity contribution in [3.05, 3.63) is 87.9 Å². The minimum Gasteiger partial charge on any atom is -0.497 e. The highest BCUT2D eigenvalue weighted by Crippen LogP contribution is 2.35. The third-order valence-electron chi connectivity index (χ3n) is 5.07. The molecule has 0 aliphatic heterocycles. The van der Waals surface area contributed by atoms with E-state index in [4.69, 9.17) is 14.6 Å². The van der Waals surface area contributed by atoms with Gasteiger partial charge < -0.3 is 19.9 Å². The average Bonchev–Trinajstić information content (AvgIpc) is 3.26. The zero-order valence-corrected chi connectivity index (χ0v) is 18.8. The van der Waals surface area contributed by atoms with Crippen molar-refractivity contribution in [3.8, 4) is 17.4 Å². The monoisotopic (exact) mass is 484 g/mol. The molecule has 3 N–H and O–H groups in total. The van der Waals surface area contributed by atoms with Crippen LogP contribution in [0.5, 0.6) is 11.5 Å². The van der Waals surface area contributed by atoms with E-state index in [0.717, 1.165) is 4.68 Å². The van der Waals surface area contributed by atoms with E-state index in [-0.39, 0.29) is 42.0 Å². The molecule has 4 rings (SSSR count). The van der Waals surface area contributed by atoms with Gasteiger partial charge >= 0.3 is 5.69 Å². The number of H-pyrrole nitrogens is 1. The lowest BCUT2D eigenvalue weighted by Crippen LogP contribution is -2.18. The largest absolute Gasteiger partial charge is 0.497 e. The lowest BCUT2D eigenvalue weighted by atomic mass is 10.0. The van der Waals surface area contributed by atoms with E-state index in [0.29, 0.717) is 11.3 Å². The Kier molecular flexibility index (Phi) is 7.01. The van der Waals surface area contributed by atoms with Gasteiger partial charge in [-0.3, -0.25) is 4.98 Å². The summed E-state index contributed by atoms with van der Waals surface area (Å²) in [5.74, 6) is -1.16. The molecule has 2 aromatic heterocycles. The molecule has 0 radical (unpaired) electrons. The first-order valence-corrected chi connectivity index (χ1v) is 10.5. The van der Waals surface area contributed by atoms with Crippen molar-refractivity contribution < 1.29 is 23.4 Å². The van der Waals surface area contributed by atoms with E-state index in [1.165, 1.54) is 37.7 Å². The van der Waals surface area contributed by atoms with Crippen molar-refractivity contribution in [2.45, 2.75) is 13.0 Å². The maximum absolute atomic E-state index is 15.6. The van der Waals surface area contributed by atoms with E-state index in [9.17, 15) is 9.18 Å². The van der Waals surface area contributed by atoms with Gasteiger partial charge in [-0.15, -0.1) is 9.78 Å². The minimum absolute atomic E-state index is 0.00342. The number of aliphatic hydroxyl groups excluding tert-OH is 1. The Morgan fingerprint density at radius 3 is 2.66 bits per heavy atom. The van der Waals surface area contributed by atoms with Crippen molar-refractivity contribution in [2.24, 2.45) is 0 Å². The number of aryl methyl sites for hydroxylation is 1. The molecular weight excluding hydrogens is 462 g/mol. The van der Waals surface area contributed by atoms with Gasteiger partial charge in [-0.1, -0.05) is 6.07 Å². The Labute approximate surface area is 198 Å². The molecule has 0 saturated carbocycles. The molecule has 0 aliphatic rings. The van der Waals surface area contributed by atoms with Gasteiger partial charge in [-0.2, -0.15) is 0 Å². The van der Waals surface area contributed by atoms with Gasteiger partial charge in [0.2, 0.25) is 0 Å². The van der Waals surface area contributed by atoms with Crippen LogP contribution in [0.3, 0.4) is 0 Å². The molecule has 35 heavy (non-hydrogen) atoms. The van der Waals surface area contributed by atoms with Crippen LogP contribution < -0.4 is 20.5 Å². The minimum atomic E-state index is -1.11. The smallest absolute Gasteiger partial charge is 0.350 e. The first-order valence-electron chi connectivity index (χ1n) is 10.5. The van der Waals surface area contributed by atoms with Crippen molar-refractivity contribution in [1.29, 1.82) is 0 Å². The number of nitrogens with zero attached hydrogens (tertiary/aromatic N) is 4. The maximum Gasteiger partial charge on any atom is 0.350 e. The maximum atomic E-state index is 15.6. The summed E-state index contributed by atoms with van der Waals surface area (Å²) < 4.78 is 41.4. The van der Waals surface area contributed by atoms with E-state index < -0.39 is 23.4 Å². The molecule has 2 aromatic carbocycles. The summed E-state index contributed by atoms with van der Waals surface area (Å²) in [6.45, 7) is 1.13. The predicted molar refractivity (Wildman–Crippen MR) is 122 cm³/mol. The topological polar surface area (TPSA) is 127 Å². The first kappa shape index (κ1) is 23.8. The fourth-order valence-electron chi connectivity index (χ4n) is 3.33. The van der Waals surface area contributed by atoms with Crippen LogP contribution in [-0.2, 0) is 0 Å². The highest BCUT2D eigenvalue weighted by Gasteiger charge is 2.27. The Hall–Kier alpha value is -4.32. The molecule has 0 saturated heterocycles. The van der Waals surface area contributed by atoms with Gasteiger partial charge in [0, 0.05) is 29.7 Å². The molecule has 0 amide bonds. The number of anilines is 1. The number of halogens is 2. The molecule has 0 aliphatic carbocycles. The number of rotatable bonds is 9. The molecule has 0 bridgehead atoms. The number of hydrogen-bond donors (Lipinski definition) is 3. The second kappa shape index (κ2) is 10.3. The predicted octanol–water partition coefficient (Wildman–Crippen LogP) is 2.52. The van der Waals surface area contributed by atoms with Crippen LogP contribution in [0.4, 0.5) is 14.5 Å². The number of aromatic amines is 1. The zero-order chi connectivity index (χ0) is 24.9. The van der Waals surface area contributed by atoms with Crippen LogP contribution in [0.1, 0.15) is 23.0 Å². The summed E-state index contributed by atoms with van der Waals surface area (Å²) in [7, 11) is 1.40. The number of benzene rings is 2. The highest BCUT2D eigenvalue weighted by molar-refractivity contribution is 5.51. The molecule has 12 heteroatoms. The van der Waals surface area contributed by atoms with Crippen LogP contribution >= 0.6 is 0 Å². The van der Waals surface area contributed by atoms with E-state index >= 15 is 4.39 Å². The summed E-state index contributed by atoms with van der Waals surface area (Å²) >= 11 is 0. The van der Waals surface area contributed by atoms with Gasteiger partial charge in [0.05, 0.1) is 13.7 Å². The van der Waals surface area contributed by atoms with Crippen LogP contribution in [-0.4, -0.2) is 50.2 Å². The molecular formula is C23H22F2N6O4. The Morgan fingerprint density at radius 2 is 1.97 bits per heavy atom. The number of aromatic nitrogens is 5. The van der Waals surface area contributed by atoms with Gasteiger partial charge in [0.15, 0.2) is 17.4 Å². The van der Waals surface area contributed by atoms with Crippen molar-refractivity contribution in [2.75, 3.05) is 25.6 Å². The summed E-state index contributed by atoms with van der Waals surface area (Å²) in [5, 5.41) is 16.4. The van der Waals surface area contributed by atoms with Gasteiger partial charge in [-0.25, -0.2) is 23.5 Å². The van der Waals surface area contributed by atoms with Crippen molar-refractivity contribution in [3.63, 3.8) is 0 Å². The fraction of sp³-hybridized carbons (Fsp3) is 0.217. The summed E-state index contributed by atoms with van der Waals surface area (Å²) in [5.41, 5.74) is 0.0732.